The number of carbonyl (C=O) groups excluding carboxylic acids is 1. The van der Waals surface area contributed by atoms with Gasteiger partial charge >= 0.3 is 0 Å². The number of carbonyl (C=O) groups is 1. The van der Waals surface area contributed by atoms with Crippen LogP contribution in [0, 0.1) is 3.57 Å². The highest BCUT2D eigenvalue weighted by Gasteiger charge is 2.18. The van der Waals surface area contributed by atoms with Crippen LogP contribution >= 0.6 is 22.6 Å². The summed E-state index contributed by atoms with van der Waals surface area (Å²) in [6, 6.07) is 16.2. The van der Waals surface area contributed by atoms with Crippen molar-refractivity contribution in [2.75, 3.05) is 56.5 Å². The first-order valence-corrected chi connectivity index (χ1v) is 13.8. The lowest BCUT2D eigenvalue weighted by Gasteiger charge is -2.34. The standard InChI is InChI=1S/C27H32IN7O2/c28-23-18-22-5-6-24(23)37-16-2-9-29-26(36)8-11-34-12-14-35(15-13-34)19-20-3-1-4-21(17-20)31-25-7-10-30-27(32-22)33-25/h1,3-7,10,17-18H,2,8-9,11-16,19H2,(H,29,36)(H2,30,31,32,33). The number of anilines is 4. The quantitative estimate of drug-likeness (QED) is 0.328. The van der Waals surface area contributed by atoms with Crippen molar-refractivity contribution >= 4 is 51.6 Å². The van der Waals surface area contributed by atoms with Gasteiger partial charge in [0, 0.05) is 69.8 Å². The summed E-state index contributed by atoms with van der Waals surface area (Å²) in [6.45, 7) is 6.81. The second kappa shape index (κ2) is 12.5. The van der Waals surface area contributed by atoms with Crippen LogP contribution in [0.3, 0.4) is 0 Å². The number of ether oxygens (including phenoxy) is 1. The Bertz CT molecular complexity index is 1220. The van der Waals surface area contributed by atoms with Gasteiger partial charge in [-0.3, -0.25) is 9.69 Å². The van der Waals surface area contributed by atoms with Gasteiger partial charge in [-0.2, -0.15) is 4.98 Å². The fraction of sp³-hybridized carbons (Fsp3) is 0.370. The molecule has 5 aliphatic heterocycles. The van der Waals surface area contributed by atoms with Crippen LogP contribution in [-0.2, 0) is 11.3 Å². The lowest BCUT2D eigenvalue weighted by atomic mass is 10.1. The molecule has 1 fully saturated rings. The molecular formula is C27H32IN7O2. The van der Waals surface area contributed by atoms with Gasteiger partial charge in [-0.15, -0.1) is 0 Å². The van der Waals surface area contributed by atoms with Gasteiger partial charge in [0.05, 0.1) is 10.2 Å². The lowest BCUT2D eigenvalue weighted by molar-refractivity contribution is -0.121. The van der Waals surface area contributed by atoms with Crippen molar-refractivity contribution in [2.24, 2.45) is 0 Å². The van der Waals surface area contributed by atoms with Crippen LogP contribution in [0.4, 0.5) is 23.1 Å². The number of hydrogen-bond donors (Lipinski definition) is 3. The van der Waals surface area contributed by atoms with Crippen molar-refractivity contribution < 1.29 is 9.53 Å². The topological polar surface area (TPSA) is 94.7 Å². The van der Waals surface area contributed by atoms with E-state index in [0.717, 1.165) is 72.2 Å². The van der Waals surface area contributed by atoms with Gasteiger partial charge in [0.25, 0.3) is 0 Å². The van der Waals surface area contributed by atoms with E-state index in [1.54, 1.807) is 6.20 Å². The van der Waals surface area contributed by atoms with Gasteiger partial charge in [0.15, 0.2) is 0 Å². The van der Waals surface area contributed by atoms with E-state index in [4.69, 9.17) is 4.74 Å². The number of piperazine rings is 1. The van der Waals surface area contributed by atoms with Gasteiger partial charge in [-0.25, -0.2) is 4.98 Å². The maximum atomic E-state index is 12.3. The molecule has 9 nitrogen and oxygen atoms in total. The molecule has 1 aromatic heterocycles. The molecule has 3 aromatic rings. The minimum Gasteiger partial charge on any atom is -0.492 e. The molecular weight excluding hydrogens is 581 g/mol. The molecule has 0 unspecified atom stereocenters. The third kappa shape index (κ3) is 7.53. The Labute approximate surface area is 231 Å². The van der Waals surface area contributed by atoms with E-state index in [0.29, 0.717) is 25.5 Å². The molecule has 1 saturated heterocycles. The summed E-state index contributed by atoms with van der Waals surface area (Å²) < 4.78 is 6.93. The molecule has 8 rings (SSSR count). The monoisotopic (exact) mass is 613 g/mol. The van der Waals surface area contributed by atoms with E-state index in [1.165, 1.54) is 5.56 Å². The summed E-state index contributed by atoms with van der Waals surface area (Å²) in [7, 11) is 0. The van der Waals surface area contributed by atoms with Gasteiger partial charge in [0.1, 0.15) is 11.6 Å². The number of amides is 1. The number of benzene rings is 2. The Hall–Kier alpha value is -2.96. The molecule has 6 heterocycles. The first kappa shape index (κ1) is 25.7. The van der Waals surface area contributed by atoms with Crippen LogP contribution in [0.15, 0.2) is 54.7 Å². The molecule has 5 aliphatic rings. The molecule has 0 atom stereocenters. The Morgan fingerprint density at radius 2 is 1.76 bits per heavy atom. The maximum absolute atomic E-state index is 12.3. The zero-order valence-corrected chi connectivity index (χ0v) is 22.9. The third-order valence-electron chi connectivity index (χ3n) is 6.47. The normalized spacial score (nSPS) is 20.9. The smallest absolute Gasteiger partial charge is 0.229 e. The largest absolute Gasteiger partial charge is 0.492 e. The minimum atomic E-state index is 0.105. The predicted octanol–water partition coefficient (Wildman–Crippen LogP) is 3.97. The Balaban J connectivity index is 1.32. The van der Waals surface area contributed by atoms with Crippen molar-refractivity contribution in [2.45, 2.75) is 19.4 Å². The van der Waals surface area contributed by atoms with E-state index in [9.17, 15) is 4.79 Å². The van der Waals surface area contributed by atoms with E-state index in [1.807, 2.05) is 24.3 Å². The molecule has 3 N–H and O–H groups in total. The molecule has 10 heteroatoms. The SMILES string of the molecule is O=C1CCN2CCN(CC2)Cc2cccc(c2)Nc2ccnc(n2)Nc2ccc(c(I)c2)OCCCN1. The molecule has 0 saturated carbocycles. The number of halogens is 1. The number of nitrogens with zero attached hydrogens (tertiary/aromatic N) is 4. The summed E-state index contributed by atoms with van der Waals surface area (Å²) in [4.78, 5) is 26.2. The second-order valence-corrected chi connectivity index (χ2v) is 10.4. The third-order valence-corrected chi connectivity index (χ3v) is 7.31. The van der Waals surface area contributed by atoms with Crippen LogP contribution in [0.25, 0.3) is 0 Å². The number of rotatable bonds is 0. The highest BCUT2D eigenvalue weighted by Crippen LogP contribution is 2.26. The summed E-state index contributed by atoms with van der Waals surface area (Å²) in [5, 5.41) is 9.72. The molecule has 2 aromatic carbocycles. The lowest BCUT2D eigenvalue weighted by Crippen LogP contribution is -2.46. The van der Waals surface area contributed by atoms with Crippen molar-refractivity contribution in [3.05, 3.63) is 63.9 Å². The Morgan fingerprint density at radius 1 is 0.919 bits per heavy atom. The molecule has 8 bridgehead atoms. The maximum Gasteiger partial charge on any atom is 0.229 e. The summed E-state index contributed by atoms with van der Waals surface area (Å²) >= 11 is 2.27. The van der Waals surface area contributed by atoms with E-state index in [-0.39, 0.29) is 5.91 Å². The first-order valence-electron chi connectivity index (χ1n) is 12.7. The minimum absolute atomic E-state index is 0.105. The van der Waals surface area contributed by atoms with E-state index in [2.05, 4.69) is 82.6 Å². The Kier molecular flexibility index (Phi) is 8.69. The average Bonchev–Trinajstić information content (AvgIpc) is 2.89. The zero-order valence-electron chi connectivity index (χ0n) is 20.8. The molecule has 37 heavy (non-hydrogen) atoms. The molecule has 194 valence electrons. The van der Waals surface area contributed by atoms with Gasteiger partial charge in [0.2, 0.25) is 11.9 Å². The van der Waals surface area contributed by atoms with Gasteiger partial charge < -0.3 is 25.6 Å². The first-order chi connectivity index (χ1) is 18.1. The van der Waals surface area contributed by atoms with Crippen LogP contribution in [0.1, 0.15) is 18.4 Å². The van der Waals surface area contributed by atoms with Crippen molar-refractivity contribution in [3.8, 4) is 5.75 Å². The van der Waals surface area contributed by atoms with Crippen LogP contribution in [0.5, 0.6) is 5.75 Å². The van der Waals surface area contributed by atoms with Crippen molar-refractivity contribution in [1.82, 2.24) is 25.1 Å². The van der Waals surface area contributed by atoms with Crippen LogP contribution in [-0.4, -0.2) is 71.6 Å². The predicted molar refractivity (Wildman–Crippen MR) is 154 cm³/mol. The highest BCUT2D eigenvalue weighted by molar-refractivity contribution is 14.1. The number of aromatic nitrogens is 2. The van der Waals surface area contributed by atoms with Crippen LogP contribution in [0.2, 0.25) is 0 Å². The molecule has 0 radical (unpaired) electrons. The molecule has 1 amide bonds. The highest BCUT2D eigenvalue weighted by atomic mass is 127. The molecule has 0 spiro atoms. The van der Waals surface area contributed by atoms with E-state index >= 15 is 0 Å². The zero-order chi connectivity index (χ0) is 25.5. The van der Waals surface area contributed by atoms with Crippen LogP contribution < -0.4 is 20.7 Å². The summed E-state index contributed by atoms with van der Waals surface area (Å²) in [5.74, 6) is 2.17. The fourth-order valence-electron chi connectivity index (χ4n) is 4.47. The summed E-state index contributed by atoms with van der Waals surface area (Å²) in [5.41, 5.74) is 3.13. The number of hydrogen-bond acceptors (Lipinski definition) is 8. The summed E-state index contributed by atoms with van der Waals surface area (Å²) in [6.07, 6.45) is 3.04. The van der Waals surface area contributed by atoms with Crippen molar-refractivity contribution in [1.29, 1.82) is 0 Å². The number of nitrogens with one attached hydrogen (secondary N) is 3. The fourth-order valence-corrected chi connectivity index (χ4v) is 5.14. The average molecular weight is 614 g/mol. The van der Waals surface area contributed by atoms with E-state index < -0.39 is 0 Å². The van der Waals surface area contributed by atoms with Gasteiger partial charge in [-0.05, 0) is 71.0 Å². The Morgan fingerprint density at radius 3 is 2.62 bits per heavy atom. The van der Waals surface area contributed by atoms with Gasteiger partial charge in [-0.1, -0.05) is 12.1 Å². The molecule has 0 aliphatic carbocycles. The second-order valence-electron chi connectivity index (χ2n) is 9.28. The van der Waals surface area contributed by atoms with Crippen molar-refractivity contribution in [3.63, 3.8) is 0 Å².